The summed E-state index contributed by atoms with van der Waals surface area (Å²) in [6.07, 6.45) is 16.0. The van der Waals surface area contributed by atoms with Gasteiger partial charge in [0.1, 0.15) is 0 Å². The lowest BCUT2D eigenvalue weighted by atomic mass is 9.78. The van der Waals surface area contributed by atoms with E-state index >= 15 is 0 Å². The molecule has 2 aliphatic rings. The van der Waals surface area contributed by atoms with Gasteiger partial charge in [-0.15, -0.1) is 0 Å². The first-order valence-corrected chi connectivity index (χ1v) is 6.77. The number of allylic oxidation sites excluding steroid dienone is 2. The van der Waals surface area contributed by atoms with Crippen molar-refractivity contribution in [1.82, 2.24) is 0 Å². The molecule has 1 atom stereocenters. The Morgan fingerprint density at radius 1 is 1.00 bits per heavy atom. The zero-order valence-corrected chi connectivity index (χ0v) is 10.9. The summed E-state index contributed by atoms with van der Waals surface area (Å²) in [5.41, 5.74) is 0.679. The van der Waals surface area contributed by atoms with Gasteiger partial charge in [-0.3, -0.25) is 0 Å². The molecule has 1 saturated carbocycles. The van der Waals surface area contributed by atoms with Crippen LogP contribution in [-0.2, 0) is 0 Å². The zero-order valence-electron chi connectivity index (χ0n) is 10.9. The van der Waals surface area contributed by atoms with Crippen molar-refractivity contribution in [2.75, 3.05) is 0 Å². The van der Waals surface area contributed by atoms with E-state index in [0.717, 1.165) is 5.92 Å². The SMILES string of the molecule is C.CC1(C)CCCCC1.CC1C=CCCC1. The fourth-order valence-corrected chi connectivity index (χ4v) is 2.49. The second-order valence-corrected chi connectivity index (χ2v) is 6.06. The Bertz CT molecular complexity index is 180. The van der Waals surface area contributed by atoms with Crippen LogP contribution >= 0.6 is 0 Å². The molecule has 0 aromatic carbocycles. The predicted octanol–water partition coefficient (Wildman–Crippen LogP) is 5.98. The van der Waals surface area contributed by atoms with Crippen molar-refractivity contribution in [1.29, 1.82) is 0 Å². The normalized spacial score (nSPS) is 27.3. The summed E-state index contributed by atoms with van der Waals surface area (Å²) in [5.74, 6) is 0.855. The summed E-state index contributed by atoms with van der Waals surface area (Å²) in [5, 5.41) is 0. The molecule has 1 fully saturated rings. The van der Waals surface area contributed by atoms with Gasteiger partial charge in [0.25, 0.3) is 0 Å². The third kappa shape index (κ3) is 7.09. The number of hydrogen-bond acceptors (Lipinski definition) is 0. The molecule has 0 saturated heterocycles. The topological polar surface area (TPSA) is 0 Å². The lowest BCUT2D eigenvalue weighted by molar-refractivity contribution is 0.244. The molecule has 0 N–H and O–H groups in total. The highest BCUT2D eigenvalue weighted by molar-refractivity contribution is 4.90. The van der Waals surface area contributed by atoms with E-state index in [2.05, 4.69) is 32.9 Å². The van der Waals surface area contributed by atoms with Gasteiger partial charge in [-0.1, -0.05) is 59.6 Å². The molecule has 2 rings (SSSR count). The highest BCUT2D eigenvalue weighted by Gasteiger charge is 2.19. The quantitative estimate of drug-likeness (QED) is 0.444. The summed E-state index contributed by atoms with van der Waals surface area (Å²) < 4.78 is 0. The first-order chi connectivity index (χ1) is 7.10. The molecule has 0 heteroatoms. The minimum atomic E-state index is 0. The molecule has 1 unspecified atom stereocenters. The van der Waals surface area contributed by atoms with Crippen LogP contribution in [0.2, 0.25) is 0 Å². The first kappa shape index (κ1) is 15.7. The highest BCUT2D eigenvalue weighted by Crippen LogP contribution is 2.34. The second-order valence-electron chi connectivity index (χ2n) is 6.06. The van der Waals surface area contributed by atoms with Crippen LogP contribution in [0.15, 0.2) is 12.2 Å². The number of rotatable bonds is 0. The molecule has 0 bridgehead atoms. The maximum absolute atomic E-state index is 2.38. The van der Waals surface area contributed by atoms with E-state index in [4.69, 9.17) is 0 Å². The monoisotopic (exact) mass is 224 g/mol. The molecular weight excluding hydrogens is 192 g/mol. The van der Waals surface area contributed by atoms with Gasteiger partial charge in [-0.05, 0) is 43.4 Å². The van der Waals surface area contributed by atoms with Crippen LogP contribution < -0.4 is 0 Å². The molecular formula is C16H32. The van der Waals surface area contributed by atoms with Gasteiger partial charge in [0.05, 0.1) is 0 Å². The average Bonchev–Trinajstić information content (AvgIpc) is 2.19. The Balaban J connectivity index is 0.000000267. The highest BCUT2D eigenvalue weighted by atomic mass is 14.3. The van der Waals surface area contributed by atoms with Crippen molar-refractivity contribution in [3.63, 3.8) is 0 Å². The van der Waals surface area contributed by atoms with Gasteiger partial charge in [-0.2, -0.15) is 0 Å². The van der Waals surface area contributed by atoms with Crippen molar-refractivity contribution >= 4 is 0 Å². The van der Waals surface area contributed by atoms with Crippen molar-refractivity contribution in [3.05, 3.63) is 12.2 Å². The Kier molecular flexibility index (Phi) is 7.80. The van der Waals surface area contributed by atoms with Gasteiger partial charge in [-0.25, -0.2) is 0 Å². The van der Waals surface area contributed by atoms with Gasteiger partial charge < -0.3 is 0 Å². The molecule has 0 amide bonds. The fraction of sp³-hybridized carbons (Fsp3) is 0.875. The largest absolute Gasteiger partial charge is 0.0883 e. The predicted molar refractivity (Wildman–Crippen MR) is 75.8 cm³/mol. The average molecular weight is 224 g/mol. The second kappa shape index (κ2) is 7.92. The summed E-state index contributed by atoms with van der Waals surface area (Å²) in [6, 6.07) is 0. The van der Waals surface area contributed by atoms with E-state index in [0.29, 0.717) is 5.41 Å². The van der Waals surface area contributed by atoms with Crippen molar-refractivity contribution in [3.8, 4) is 0 Å². The third-order valence-electron chi connectivity index (χ3n) is 3.70. The lowest BCUT2D eigenvalue weighted by Gasteiger charge is -2.28. The summed E-state index contributed by atoms with van der Waals surface area (Å²) >= 11 is 0. The van der Waals surface area contributed by atoms with E-state index in [9.17, 15) is 0 Å². The smallest absolute Gasteiger partial charge is 0.0262 e. The molecule has 0 nitrogen and oxygen atoms in total. The van der Waals surface area contributed by atoms with Gasteiger partial charge in [0.15, 0.2) is 0 Å². The molecule has 16 heavy (non-hydrogen) atoms. The van der Waals surface area contributed by atoms with Crippen LogP contribution in [0, 0.1) is 11.3 Å². The summed E-state index contributed by atoms with van der Waals surface area (Å²) in [4.78, 5) is 0. The molecule has 0 aromatic heterocycles. The van der Waals surface area contributed by atoms with E-state index in [1.165, 1.54) is 51.4 Å². The van der Waals surface area contributed by atoms with Crippen molar-refractivity contribution < 1.29 is 0 Å². The summed E-state index contributed by atoms with van der Waals surface area (Å²) in [7, 11) is 0. The molecule has 0 heterocycles. The van der Waals surface area contributed by atoms with Crippen molar-refractivity contribution in [2.45, 2.75) is 79.6 Å². The van der Waals surface area contributed by atoms with Crippen LogP contribution in [0.5, 0.6) is 0 Å². The molecule has 96 valence electrons. The van der Waals surface area contributed by atoms with Gasteiger partial charge in [0.2, 0.25) is 0 Å². The summed E-state index contributed by atoms with van der Waals surface area (Å²) in [6.45, 7) is 7.04. The van der Waals surface area contributed by atoms with E-state index in [-0.39, 0.29) is 7.43 Å². The first-order valence-electron chi connectivity index (χ1n) is 6.77. The molecule has 0 radical (unpaired) electrons. The lowest BCUT2D eigenvalue weighted by Crippen LogP contribution is -2.14. The van der Waals surface area contributed by atoms with Crippen LogP contribution in [-0.4, -0.2) is 0 Å². The maximum atomic E-state index is 2.38. The Labute approximate surface area is 104 Å². The van der Waals surface area contributed by atoms with Crippen LogP contribution in [0.3, 0.4) is 0 Å². The minimum Gasteiger partial charge on any atom is -0.0883 e. The van der Waals surface area contributed by atoms with Crippen LogP contribution in [0.4, 0.5) is 0 Å². The maximum Gasteiger partial charge on any atom is -0.0262 e. The van der Waals surface area contributed by atoms with Crippen molar-refractivity contribution in [2.24, 2.45) is 11.3 Å². The number of hydrogen-bond donors (Lipinski definition) is 0. The van der Waals surface area contributed by atoms with Gasteiger partial charge in [0, 0.05) is 0 Å². The zero-order chi connectivity index (χ0) is 11.1. The van der Waals surface area contributed by atoms with Crippen LogP contribution in [0.25, 0.3) is 0 Å². The molecule has 0 aliphatic heterocycles. The van der Waals surface area contributed by atoms with Gasteiger partial charge >= 0.3 is 0 Å². The van der Waals surface area contributed by atoms with E-state index in [1.54, 1.807) is 0 Å². The third-order valence-corrected chi connectivity index (χ3v) is 3.70. The molecule has 0 aromatic rings. The molecule has 2 aliphatic carbocycles. The Hall–Kier alpha value is -0.260. The Morgan fingerprint density at radius 3 is 1.88 bits per heavy atom. The Morgan fingerprint density at radius 2 is 1.62 bits per heavy atom. The molecule has 0 spiro atoms. The minimum absolute atomic E-state index is 0. The van der Waals surface area contributed by atoms with E-state index in [1.807, 2.05) is 0 Å². The van der Waals surface area contributed by atoms with E-state index < -0.39 is 0 Å². The van der Waals surface area contributed by atoms with Crippen LogP contribution in [0.1, 0.15) is 79.6 Å². The fourth-order valence-electron chi connectivity index (χ4n) is 2.49. The standard InChI is InChI=1S/C8H16.C7H12.CH4/c1-8(2)6-4-3-5-7-8;1-7-5-3-2-4-6-7;/h3-7H2,1-2H3;3,5,7H,2,4,6H2,1H3;1H4.